The smallest absolute Gasteiger partial charge is 0.261 e. The summed E-state index contributed by atoms with van der Waals surface area (Å²) in [4.78, 5) is 12.9. The van der Waals surface area contributed by atoms with Crippen molar-refractivity contribution >= 4 is 17.2 Å². The van der Waals surface area contributed by atoms with Crippen LogP contribution in [0.3, 0.4) is 0 Å². The lowest BCUT2D eigenvalue weighted by atomic mass is 9.98. The first-order valence-corrected chi connectivity index (χ1v) is 7.20. The molecule has 19 heavy (non-hydrogen) atoms. The number of fused-ring (bicyclic) bond motifs is 1. The van der Waals surface area contributed by atoms with Gasteiger partial charge in [0.25, 0.3) is 5.91 Å². The van der Waals surface area contributed by atoms with Gasteiger partial charge in [-0.05, 0) is 24.4 Å². The van der Waals surface area contributed by atoms with Crippen molar-refractivity contribution in [2.75, 3.05) is 6.61 Å². The number of benzene rings is 1. The third-order valence-corrected chi connectivity index (χ3v) is 4.12. The van der Waals surface area contributed by atoms with Crippen LogP contribution in [0.25, 0.3) is 0 Å². The topological polar surface area (TPSA) is 38.3 Å². The van der Waals surface area contributed by atoms with Crippen LogP contribution in [-0.2, 0) is 0 Å². The van der Waals surface area contributed by atoms with Crippen molar-refractivity contribution in [3.05, 3.63) is 51.7 Å². The molecule has 0 radical (unpaired) electrons. The molecular formula is C15H15NO2S. The predicted octanol–water partition coefficient (Wildman–Crippen LogP) is 3.31. The Morgan fingerprint density at radius 3 is 3.11 bits per heavy atom. The molecule has 1 unspecified atom stereocenters. The van der Waals surface area contributed by atoms with E-state index in [1.54, 1.807) is 0 Å². The van der Waals surface area contributed by atoms with Gasteiger partial charge < -0.3 is 10.1 Å². The SMILES string of the molecule is Cc1ccc2c(c1)C(NC(=O)c1cccs1)CCO2. The van der Waals surface area contributed by atoms with Crippen LogP contribution in [0.5, 0.6) is 5.75 Å². The number of hydrogen-bond acceptors (Lipinski definition) is 3. The molecule has 0 fully saturated rings. The Labute approximate surface area is 116 Å². The normalized spacial score (nSPS) is 17.4. The van der Waals surface area contributed by atoms with Gasteiger partial charge in [0.05, 0.1) is 17.5 Å². The zero-order valence-corrected chi connectivity index (χ0v) is 11.5. The third-order valence-electron chi connectivity index (χ3n) is 3.26. The van der Waals surface area contributed by atoms with Crippen molar-refractivity contribution < 1.29 is 9.53 Å². The lowest BCUT2D eigenvalue weighted by Gasteiger charge is -2.27. The highest BCUT2D eigenvalue weighted by Gasteiger charge is 2.23. The van der Waals surface area contributed by atoms with E-state index in [0.29, 0.717) is 6.61 Å². The molecule has 1 atom stereocenters. The molecule has 0 saturated carbocycles. The Hall–Kier alpha value is -1.81. The highest BCUT2D eigenvalue weighted by atomic mass is 32.1. The number of hydrogen-bond donors (Lipinski definition) is 1. The highest BCUT2D eigenvalue weighted by molar-refractivity contribution is 7.12. The van der Waals surface area contributed by atoms with Gasteiger partial charge in [-0.15, -0.1) is 11.3 Å². The molecule has 1 N–H and O–H groups in total. The lowest BCUT2D eigenvalue weighted by Crippen LogP contribution is -2.31. The van der Waals surface area contributed by atoms with Crippen molar-refractivity contribution in [1.29, 1.82) is 0 Å². The molecule has 98 valence electrons. The molecule has 0 spiro atoms. The number of amides is 1. The van der Waals surface area contributed by atoms with Gasteiger partial charge in [-0.3, -0.25) is 4.79 Å². The van der Waals surface area contributed by atoms with Crippen LogP contribution >= 0.6 is 11.3 Å². The van der Waals surface area contributed by atoms with Crippen LogP contribution in [0.1, 0.15) is 33.3 Å². The zero-order valence-electron chi connectivity index (χ0n) is 10.7. The maximum Gasteiger partial charge on any atom is 0.261 e. The maximum absolute atomic E-state index is 12.1. The largest absolute Gasteiger partial charge is 0.493 e. The van der Waals surface area contributed by atoms with E-state index in [-0.39, 0.29) is 11.9 Å². The van der Waals surface area contributed by atoms with Crippen LogP contribution < -0.4 is 10.1 Å². The van der Waals surface area contributed by atoms with E-state index in [0.717, 1.165) is 22.6 Å². The minimum absolute atomic E-state index is 0.00523. The minimum atomic E-state index is -0.00523. The number of carbonyl (C=O) groups is 1. The molecule has 0 aliphatic carbocycles. The summed E-state index contributed by atoms with van der Waals surface area (Å²) in [6.07, 6.45) is 0.813. The van der Waals surface area contributed by atoms with Crippen molar-refractivity contribution in [2.45, 2.75) is 19.4 Å². The molecule has 4 heteroatoms. The Morgan fingerprint density at radius 1 is 1.42 bits per heavy atom. The first kappa shape index (κ1) is 12.2. The summed E-state index contributed by atoms with van der Waals surface area (Å²) in [5.74, 6) is 0.877. The first-order valence-electron chi connectivity index (χ1n) is 6.32. The van der Waals surface area contributed by atoms with Crippen LogP contribution in [-0.4, -0.2) is 12.5 Å². The van der Waals surface area contributed by atoms with Crippen LogP contribution in [0.15, 0.2) is 35.7 Å². The van der Waals surface area contributed by atoms with Crippen molar-refractivity contribution in [2.24, 2.45) is 0 Å². The van der Waals surface area contributed by atoms with Gasteiger partial charge in [-0.25, -0.2) is 0 Å². The fourth-order valence-electron chi connectivity index (χ4n) is 2.30. The van der Waals surface area contributed by atoms with E-state index < -0.39 is 0 Å². The van der Waals surface area contributed by atoms with E-state index in [9.17, 15) is 4.79 Å². The number of carbonyl (C=O) groups excluding carboxylic acids is 1. The summed E-state index contributed by atoms with van der Waals surface area (Å²) in [6.45, 7) is 2.69. The Bertz CT molecular complexity index is 592. The molecule has 0 saturated heterocycles. The molecule has 1 aromatic carbocycles. The Morgan fingerprint density at radius 2 is 2.32 bits per heavy atom. The number of nitrogens with one attached hydrogen (secondary N) is 1. The van der Waals surface area contributed by atoms with E-state index >= 15 is 0 Å². The van der Waals surface area contributed by atoms with E-state index in [4.69, 9.17) is 4.74 Å². The number of ether oxygens (including phenoxy) is 1. The van der Waals surface area contributed by atoms with Gasteiger partial charge in [0.2, 0.25) is 0 Å². The second-order valence-corrected chi connectivity index (χ2v) is 5.63. The third kappa shape index (κ3) is 2.49. The van der Waals surface area contributed by atoms with Gasteiger partial charge >= 0.3 is 0 Å². The average Bonchev–Trinajstić information content (AvgIpc) is 2.93. The fourth-order valence-corrected chi connectivity index (χ4v) is 2.93. The molecular weight excluding hydrogens is 258 g/mol. The van der Waals surface area contributed by atoms with E-state index in [1.165, 1.54) is 16.9 Å². The molecule has 1 aliphatic heterocycles. The average molecular weight is 273 g/mol. The summed E-state index contributed by atoms with van der Waals surface area (Å²) in [5, 5.41) is 5.01. The van der Waals surface area contributed by atoms with Crippen LogP contribution in [0.4, 0.5) is 0 Å². The molecule has 2 aromatic rings. The van der Waals surface area contributed by atoms with Crippen LogP contribution in [0.2, 0.25) is 0 Å². The van der Waals surface area contributed by atoms with Crippen molar-refractivity contribution in [3.63, 3.8) is 0 Å². The zero-order chi connectivity index (χ0) is 13.2. The molecule has 0 bridgehead atoms. The van der Waals surface area contributed by atoms with Gasteiger partial charge in [0.15, 0.2) is 0 Å². The van der Waals surface area contributed by atoms with Gasteiger partial charge in [0, 0.05) is 12.0 Å². The fraction of sp³-hybridized carbons (Fsp3) is 0.267. The summed E-state index contributed by atoms with van der Waals surface area (Å²) in [7, 11) is 0. The number of thiophene rings is 1. The van der Waals surface area contributed by atoms with Gasteiger partial charge in [0.1, 0.15) is 5.75 Å². The highest BCUT2D eigenvalue weighted by Crippen LogP contribution is 2.32. The summed E-state index contributed by atoms with van der Waals surface area (Å²) in [6, 6.07) is 9.88. The second-order valence-electron chi connectivity index (χ2n) is 4.68. The van der Waals surface area contributed by atoms with Crippen molar-refractivity contribution in [3.8, 4) is 5.75 Å². The second kappa shape index (κ2) is 5.05. The number of aryl methyl sites for hydroxylation is 1. The standard InChI is InChI=1S/C15H15NO2S/c1-10-4-5-13-11(9-10)12(6-7-18-13)16-15(17)14-3-2-8-19-14/h2-5,8-9,12H,6-7H2,1H3,(H,16,17). The molecule has 1 aromatic heterocycles. The summed E-state index contributed by atoms with van der Waals surface area (Å²) >= 11 is 1.46. The maximum atomic E-state index is 12.1. The minimum Gasteiger partial charge on any atom is -0.493 e. The molecule has 3 nitrogen and oxygen atoms in total. The summed E-state index contributed by atoms with van der Waals surface area (Å²) < 4.78 is 5.63. The summed E-state index contributed by atoms with van der Waals surface area (Å²) in [5.41, 5.74) is 2.26. The van der Waals surface area contributed by atoms with Crippen molar-refractivity contribution in [1.82, 2.24) is 5.32 Å². The predicted molar refractivity (Wildman–Crippen MR) is 75.8 cm³/mol. The monoisotopic (exact) mass is 273 g/mol. The quantitative estimate of drug-likeness (QED) is 0.911. The Kier molecular flexibility index (Phi) is 3.25. The molecule has 1 amide bonds. The molecule has 3 rings (SSSR count). The van der Waals surface area contributed by atoms with Crippen LogP contribution in [0, 0.1) is 6.92 Å². The Balaban J connectivity index is 1.84. The van der Waals surface area contributed by atoms with Gasteiger partial charge in [-0.2, -0.15) is 0 Å². The van der Waals surface area contributed by atoms with Gasteiger partial charge in [-0.1, -0.05) is 23.8 Å². The first-order chi connectivity index (χ1) is 9.24. The van der Waals surface area contributed by atoms with E-state index in [1.807, 2.05) is 36.6 Å². The lowest BCUT2D eigenvalue weighted by molar-refractivity contribution is 0.0929. The van der Waals surface area contributed by atoms with E-state index in [2.05, 4.69) is 11.4 Å². The molecule has 2 heterocycles. The molecule has 1 aliphatic rings. The number of rotatable bonds is 2.